The summed E-state index contributed by atoms with van der Waals surface area (Å²) in [7, 11) is 0. The van der Waals surface area contributed by atoms with E-state index in [-0.39, 0.29) is 17.2 Å². The number of aryl methyl sites for hydroxylation is 2. The Morgan fingerprint density at radius 2 is 1.74 bits per heavy atom. The molecule has 2 aromatic carbocycles. The molecule has 1 heterocycles. The largest absolute Gasteiger partial charge is 0.316 e. The van der Waals surface area contributed by atoms with Crippen molar-refractivity contribution in [3.8, 4) is 11.3 Å². The molecule has 0 aliphatic rings. The fourth-order valence-electron chi connectivity index (χ4n) is 2.46. The van der Waals surface area contributed by atoms with E-state index in [1.807, 2.05) is 62.4 Å². The zero-order chi connectivity index (χ0) is 16.4. The molecule has 0 atom stereocenters. The molecule has 0 saturated heterocycles. The molecule has 1 amide bonds. The van der Waals surface area contributed by atoms with Crippen LogP contribution in [0.5, 0.6) is 0 Å². The lowest BCUT2D eigenvalue weighted by Crippen LogP contribution is -2.18. The van der Waals surface area contributed by atoms with Crippen LogP contribution in [-0.2, 0) is 0 Å². The van der Waals surface area contributed by atoms with Crippen LogP contribution in [-0.4, -0.2) is 16.1 Å². The van der Waals surface area contributed by atoms with E-state index in [9.17, 15) is 9.59 Å². The molecule has 0 unspecified atom stereocenters. The Kier molecular flexibility index (Phi) is 3.85. The molecular weight excluding hydrogens is 290 g/mol. The van der Waals surface area contributed by atoms with Crippen LogP contribution < -0.4 is 10.9 Å². The summed E-state index contributed by atoms with van der Waals surface area (Å²) in [6.45, 7) is 3.79. The molecule has 0 aliphatic heterocycles. The van der Waals surface area contributed by atoms with Gasteiger partial charge in [-0.05, 0) is 25.5 Å². The van der Waals surface area contributed by atoms with E-state index in [2.05, 4.69) is 15.5 Å². The zero-order valence-electron chi connectivity index (χ0n) is 12.9. The smallest absolute Gasteiger partial charge is 0.288 e. The second kappa shape index (κ2) is 5.96. The van der Waals surface area contributed by atoms with Crippen molar-refractivity contribution in [2.45, 2.75) is 13.8 Å². The Balaban J connectivity index is 1.98. The number of hydrogen-bond donors (Lipinski definition) is 3. The molecule has 0 radical (unpaired) electrons. The van der Waals surface area contributed by atoms with E-state index in [1.54, 1.807) is 0 Å². The van der Waals surface area contributed by atoms with Crippen molar-refractivity contribution in [3.63, 3.8) is 0 Å². The third-order valence-electron chi connectivity index (χ3n) is 3.72. The first-order valence-corrected chi connectivity index (χ1v) is 7.31. The summed E-state index contributed by atoms with van der Waals surface area (Å²) in [6, 6.07) is 15.0. The fraction of sp³-hybridized carbons (Fsp3) is 0.111. The van der Waals surface area contributed by atoms with Gasteiger partial charge in [-0.25, -0.2) is 0 Å². The molecule has 0 fully saturated rings. The maximum absolute atomic E-state index is 12.5. The van der Waals surface area contributed by atoms with Gasteiger partial charge in [-0.2, -0.15) is 0 Å². The molecule has 3 rings (SSSR count). The monoisotopic (exact) mass is 307 g/mol. The van der Waals surface area contributed by atoms with Gasteiger partial charge in [0.1, 0.15) is 5.69 Å². The quantitative estimate of drug-likeness (QED) is 0.694. The van der Waals surface area contributed by atoms with Crippen LogP contribution in [0.2, 0.25) is 0 Å². The fourth-order valence-corrected chi connectivity index (χ4v) is 2.46. The van der Waals surface area contributed by atoms with E-state index in [0.717, 1.165) is 16.7 Å². The van der Waals surface area contributed by atoms with Crippen LogP contribution in [0.3, 0.4) is 0 Å². The second-order valence-corrected chi connectivity index (χ2v) is 5.47. The summed E-state index contributed by atoms with van der Waals surface area (Å²) in [5.74, 6) is -0.298. The van der Waals surface area contributed by atoms with Crippen molar-refractivity contribution >= 4 is 11.6 Å². The number of amides is 1. The van der Waals surface area contributed by atoms with Gasteiger partial charge in [-0.1, -0.05) is 48.0 Å². The van der Waals surface area contributed by atoms with Gasteiger partial charge in [0.05, 0.1) is 5.69 Å². The molecule has 0 saturated carbocycles. The van der Waals surface area contributed by atoms with Crippen molar-refractivity contribution in [1.82, 2.24) is 10.2 Å². The lowest BCUT2D eigenvalue weighted by molar-refractivity contribution is 0.102. The Morgan fingerprint density at radius 3 is 2.48 bits per heavy atom. The number of aromatic nitrogens is 2. The third kappa shape index (κ3) is 2.94. The number of rotatable bonds is 3. The summed E-state index contributed by atoms with van der Waals surface area (Å²) in [5.41, 5.74) is 3.67. The zero-order valence-corrected chi connectivity index (χ0v) is 12.9. The highest BCUT2D eigenvalue weighted by Crippen LogP contribution is 2.23. The van der Waals surface area contributed by atoms with Gasteiger partial charge in [0.25, 0.3) is 11.5 Å². The predicted molar refractivity (Wildman–Crippen MR) is 90.7 cm³/mol. The first-order valence-electron chi connectivity index (χ1n) is 7.31. The molecule has 0 spiro atoms. The maximum Gasteiger partial charge on any atom is 0.288 e. The highest BCUT2D eigenvalue weighted by Gasteiger charge is 2.16. The lowest BCUT2D eigenvalue weighted by Gasteiger charge is -2.08. The van der Waals surface area contributed by atoms with Crippen molar-refractivity contribution in [2.24, 2.45) is 0 Å². The summed E-state index contributed by atoms with van der Waals surface area (Å²) in [4.78, 5) is 24.6. The van der Waals surface area contributed by atoms with E-state index in [0.29, 0.717) is 11.3 Å². The molecule has 3 aromatic rings. The second-order valence-electron chi connectivity index (χ2n) is 5.47. The van der Waals surface area contributed by atoms with Gasteiger partial charge in [0, 0.05) is 11.1 Å². The highest BCUT2D eigenvalue weighted by atomic mass is 16.2. The average Bonchev–Trinajstić information content (AvgIpc) is 2.91. The molecule has 5 heteroatoms. The molecule has 0 bridgehead atoms. The number of hydrogen-bond acceptors (Lipinski definition) is 2. The summed E-state index contributed by atoms with van der Waals surface area (Å²) in [6.07, 6.45) is 0. The van der Waals surface area contributed by atoms with Crippen molar-refractivity contribution in [1.29, 1.82) is 0 Å². The SMILES string of the molecule is Cc1ccc(C)c(C(=O)Nc2c(-c3ccccc3)[nH][nH]c2=O)c1. The highest BCUT2D eigenvalue weighted by molar-refractivity contribution is 6.06. The van der Waals surface area contributed by atoms with Crippen molar-refractivity contribution in [2.75, 3.05) is 5.32 Å². The average molecular weight is 307 g/mol. The first-order chi connectivity index (χ1) is 11.1. The topological polar surface area (TPSA) is 77.8 Å². The van der Waals surface area contributed by atoms with Crippen molar-refractivity contribution < 1.29 is 4.79 Å². The maximum atomic E-state index is 12.5. The van der Waals surface area contributed by atoms with Crippen LogP contribution in [0.1, 0.15) is 21.5 Å². The number of aromatic amines is 2. The molecule has 1 aromatic heterocycles. The number of carbonyl (C=O) groups is 1. The van der Waals surface area contributed by atoms with Crippen LogP contribution in [0.25, 0.3) is 11.3 Å². The number of carbonyl (C=O) groups excluding carboxylic acids is 1. The Morgan fingerprint density at radius 1 is 1.00 bits per heavy atom. The van der Waals surface area contributed by atoms with Crippen molar-refractivity contribution in [3.05, 3.63) is 75.6 Å². The Hall–Kier alpha value is -3.08. The standard InChI is InChI=1S/C18H17N3O2/c1-11-8-9-12(2)14(10-11)17(22)19-16-15(20-21-18(16)23)13-6-4-3-5-7-13/h3-10H,1-2H3,(H,19,22)(H2,20,21,23). The van der Waals surface area contributed by atoms with Gasteiger partial charge < -0.3 is 5.32 Å². The predicted octanol–water partition coefficient (Wildman–Crippen LogP) is 3.24. The molecule has 3 N–H and O–H groups in total. The minimum Gasteiger partial charge on any atom is -0.316 e. The normalized spacial score (nSPS) is 10.5. The molecule has 0 aliphatic carbocycles. The van der Waals surface area contributed by atoms with Crippen LogP contribution >= 0.6 is 0 Å². The van der Waals surface area contributed by atoms with Gasteiger partial charge in [0.15, 0.2) is 0 Å². The number of H-pyrrole nitrogens is 2. The lowest BCUT2D eigenvalue weighted by atomic mass is 10.0. The minimum absolute atomic E-state index is 0.224. The molecule has 23 heavy (non-hydrogen) atoms. The Labute approximate surface area is 133 Å². The van der Waals surface area contributed by atoms with Gasteiger partial charge >= 0.3 is 0 Å². The summed E-state index contributed by atoms with van der Waals surface area (Å²) >= 11 is 0. The van der Waals surface area contributed by atoms with Gasteiger partial charge in [0.2, 0.25) is 0 Å². The minimum atomic E-state index is -0.359. The summed E-state index contributed by atoms with van der Waals surface area (Å²) < 4.78 is 0. The van der Waals surface area contributed by atoms with Crippen LogP contribution in [0.15, 0.2) is 53.3 Å². The van der Waals surface area contributed by atoms with Gasteiger partial charge in [-0.3, -0.25) is 19.8 Å². The number of anilines is 1. The number of nitrogens with one attached hydrogen (secondary N) is 3. The van der Waals surface area contributed by atoms with Gasteiger partial charge in [-0.15, -0.1) is 0 Å². The molecular formula is C18H17N3O2. The summed E-state index contributed by atoms with van der Waals surface area (Å²) in [5, 5.41) is 8.07. The van der Waals surface area contributed by atoms with E-state index in [4.69, 9.17) is 0 Å². The molecule has 5 nitrogen and oxygen atoms in total. The van der Waals surface area contributed by atoms with E-state index < -0.39 is 0 Å². The third-order valence-corrected chi connectivity index (χ3v) is 3.72. The Bertz CT molecular complexity index is 908. The molecule has 116 valence electrons. The van der Waals surface area contributed by atoms with Crippen LogP contribution in [0, 0.1) is 13.8 Å². The first kappa shape index (κ1) is 14.8. The number of benzene rings is 2. The van der Waals surface area contributed by atoms with Crippen LogP contribution in [0.4, 0.5) is 5.69 Å². The van der Waals surface area contributed by atoms with E-state index in [1.165, 1.54) is 0 Å². The van der Waals surface area contributed by atoms with E-state index >= 15 is 0 Å².